The van der Waals surface area contributed by atoms with Crippen molar-refractivity contribution in [2.24, 2.45) is 11.8 Å². The highest BCUT2D eigenvalue weighted by atomic mass is 16.5. The minimum absolute atomic E-state index is 0.0980. The number of rotatable bonds is 4. The Morgan fingerprint density at radius 3 is 1.76 bits per heavy atom. The molecule has 2 heterocycles. The van der Waals surface area contributed by atoms with Gasteiger partial charge in [0.15, 0.2) is 0 Å². The molecule has 0 aliphatic carbocycles. The highest BCUT2D eigenvalue weighted by molar-refractivity contribution is 6.34. The number of nitrogens with zero attached hydrogens (tertiary/aromatic N) is 2. The van der Waals surface area contributed by atoms with E-state index in [-0.39, 0.29) is 17.9 Å². The zero-order chi connectivity index (χ0) is 21.0. The largest absolute Gasteiger partial charge is 0.490 e. The molecule has 5 heteroatoms. The lowest BCUT2D eigenvalue weighted by Crippen LogP contribution is -2.51. The molecular formula is C24H36N2O3. The molecule has 1 aromatic rings. The normalized spacial score (nSPS) is 19.1. The van der Waals surface area contributed by atoms with Crippen LogP contribution in [0.4, 0.5) is 0 Å². The second-order valence-electron chi connectivity index (χ2n) is 9.21. The molecule has 1 aromatic carbocycles. The van der Waals surface area contributed by atoms with Crippen molar-refractivity contribution in [3.8, 4) is 5.75 Å². The van der Waals surface area contributed by atoms with Crippen molar-refractivity contribution >= 4 is 11.8 Å². The van der Waals surface area contributed by atoms with E-state index in [1.54, 1.807) is 9.80 Å². The maximum Gasteiger partial charge on any atom is 0.312 e. The molecule has 2 amide bonds. The summed E-state index contributed by atoms with van der Waals surface area (Å²) >= 11 is 0. The van der Waals surface area contributed by atoms with Crippen LogP contribution in [0.5, 0.6) is 5.75 Å². The first-order chi connectivity index (χ1) is 13.8. The van der Waals surface area contributed by atoms with Gasteiger partial charge in [-0.3, -0.25) is 9.59 Å². The second kappa shape index (κ2) is 9.64. The Morgan fingerprint density at radius 1 is 0.828 bits per heavy atom. The van der Waals surface area contributed by atoms with Gasteiger partial charge in [0.05, 0.1) is 0 Å². The van der Waals surface area contributed by atoms with E-state index in [0.717, 1.165) is 31.4 Å². The predicted octanol–water partition coefficient (Wildman–Crippen LogP) is 4.07. The fourth-order valence-electron chi connectivity index (χ4n) is 4.34. The average Bonchev–Trinajstić information content (AvgIpc) is 2.73. The van der Waals surface area contributed by atoms with E-state index in [1.165, 1.54) is 5.56 Å². The molecule has 0 atom stereocenters. The molecule has 2 saturated heterocycles. The van der Waals surface area contributed by atoms with Gasteiger partial charge in [-0.15, -0.1) is 0 Å². The van der Waals surface area contributed by atoms with Crippen LogP contribution in [0, 0.1) is 11.8 Å². The maximum atomic E-state index is 12.7. The van der Waals surface area contributed by atoms with E-state index >= 15 is 0 Å². The van der Waals surface area contributed by atoms with E-state index in [1.807, 2.05) is 12.1 Å². The number of hydrogen-bond acceptors (Lipinski definition) is 3. The first kappa shape index (κ1) is 21.7. The van der Waals surface area contributed by atoms with E-state index < -0.39 is 0 Å². The zero-order valence-corrected chi connectivity index (χ0v) is 18.4. The number of ether oxygens (including phenoxy) is 1. The summed E-state index contributed by atoms with van der Waals surface area (Å²) in [6.07, 6.45) is 3.63. The Kier molecular flexibility index (Phi) is 7.20. The molecule has 0 bridgehead atoms. The van der Waals surface area contributed by atoms with E-state index in [9.17, 15) is 9.59 Å². The fourth-order valence-corrected chi connectivity index (χ4v) is 4.34. The topological polar surface area (TPSA) is 49.9 Å². The summed E-state index contributed by atoms with van der Waals surface area (Å²) in [5.74, 6) is 2.03. The third kappa shape index (κ3) is 5.52. The van der Waals surface area contributed by atoms with Crippen LogP contribution < -0.4 is 4.74 Å². The molecule has 3 rings (SSSR count). The lowest BCUT2D eigenvalue weighted by Gasteiger charge is -2.36. The van der Waals surface area contributed by atoms with Crippen LogP contribution in [0.1, 0.15) is 64.9 Å². The van der Waals surface area contributed by atoms with Gasteiger partial charge in [-0.2, -0.15) is 0 Å². The van der Waals surface area contributed by atoms with Crippen LogP contribution >= 0.6 is 0 Å². The summed E-state index contributed by atoms with van der Waals surface area (Å²) in [5, 5.41) is 0. The van der Waals surface area contributed by atoms with Crippen LogP contribution in [0.25, 0.3) is 0 Å². The quantitative estimate of drug-likeness (QED) is 0.716. The number of carbonyl (C=O) groups excluding carboxylic acids is 2. The van der Waals surface area contributed by atoms with Crippen molar-refractivity contribution in [3.63, 3.8) is 0 Å². The summed E-state index contributed by atoms with van der Waals surface area (Å²) in [4.78, 5) is 28.8. The highest BCUT2D eigenvalue weighted by Gasteiger charge is 2.33. The Labute approximate surface area is 175 Å². The predicted molar refractivity (Wildman–Crippen MR) is 115 cm³/mol. The lowest BCUT2D eigenvalue weighted by molar-refractivity contribution is -0.153. The minimum atomic E-state index is -0.340. The van der Waals surface area contributed by atoms with Crippen molar-refractivity contribution in [2.75, 3.05) is 26.2 Å². The first-order valence-corrected chi connectivity index (χ1v) is 11.2. The van der Waals surface area contributed by atoms with E-state index in [0.29, 0.717) is 43.9 Å². The molecule has 0 radical (unpaired) electrons. The number of carbonyl (C=O) groups is 2. The van der Waals surface area contributed by atoms with Gasteiger partial charge in [0.2, 0.25) is 0 Å². The van der Waals surface area contributed by atoms with Crippen LogP contribution in [-0.2, 0) is 9.59 Å². The highest BCUT2D eigenvalue weighted by Crippen LogP contribution is 2.25. The molecular weight excluding hydrogens is 364 g/mol. The van der Waals surface area contributed by atoms with Gasteiger partial charge in [-0.25, -0.2) is 0 Å². The third-order valence-electron chi connectivity index (χ3n) is 6.53. The molecule has 160 valence electrons. The van der Waals surface area contributed by atoms with Gasteiger partial charge in [-0.05, 0) is 48.3 Å². The Balaban J connectivity index is 1.45. The molecule has 2 fully saturated rings. The van der Waals surface area contributed by atoms with Crippen molar-refractivity contribution in [3.05, 3.63) is 29.8 Å². The van der Waals surface area contributed by atoms with Crippen molar-refractivity contribution in [2.45, 2.75) is 65.4 Å². The summed E-state index contributed by atoms with van der Waals surface area (Å²) in [6.45, 7) is 11.4. The van der Waals surface area contributed by atoms with Crippen molar-refractivity contribution < 1.29 is 14.3 Å². The zero-order valence-electron chi connectivity index (χ0n) is 18.4. The molecule has 0 aromatic heterocycles. The Morgan fingerprint density at radius 2 is 1.31 bits per heavy atom. The molecule has 2 aliphatic heterocycles. The SMILES string of the molecule is CC(C)c1ccc(OC2CCN(C(=O)C(=O)N3CCC(C(C)C)CC3)CC2)cc1. The molecule has 0 saturated carbocycles. The summed E-state index contributed by atoms with van der Waals surface area (Å²) in [5.41, 5.74) is 1.30. The van der Waals surface area contributed by atoms with Gasteiger partial charge in [-0.1, -0.05) is 39.8 Å². The number of piperidine rings is 2. The molecule has 5 nitrogen and oxygen atoms in total. The Bertz CT molecular complexity index is 683. The molecule has 0 unspecified atom stereocenters. The Hall–Kier alpha value is -2.04. The number of likely N-dealkylation sites (tertiary alicyclic amines) is 2. The van der Waals surface area contributed by atoms with Crippen molar-refractivity contribution in [1.82, 2.24) is 9.80 Å². The average molecular weight is 401 g/mol. The van der Waals surface area contributed by atoms with Gasteiger partial charge in [0.1, 0.15) is 11.9 Å². The van der Waals surface area contributed by atoms with Crippen LogP contribution in [-0.4, -0.2) is 53.9 Å². The number of benzene rings is 1. The smallest absolute Gasteiger partial charge is 0.312 e. The van der Waals surface area contributed by atoms with Crippen LogP contribution in [0.2, 0.25) is 0 Å². The van der Waals surface area contributed by atoms with Gasteiger partial charge in [0, 0.05) is 39.0 Å². The van der Waals surface area contributed by atoms with Gasteiger partial charge >= 0.3 is 11.8 Å². The minimum Gasteiger partial charge on any atom is -0.490 e. The fraction of sp³-hybridized carbons (Fsp3) is 0.667. The van der Waals surface area contributed by atoms with Crippen LogP contribution in [0.15, 0.2) is 24.3 Å². The monoisotopic (exact) mass is 400 g/mol. The molecule has 2 aliphatic rings. The van der Waals surface area contributed by atoms with E-state index in [2.05, 4.69) is 39.8 Å². The van der Waals surface area contributed by atoms with E-state index in [4.69, 9.17) is 4.74 Å². The third-order valence-corrected chi connectivity index (χ3v) is 6.53. The van der Waals surface area contributed by atoms with Gasteiger partial charge in [0.25, 0.3) is 0 Å². The summed E-state index contributed by atoms with van der Waals surface area (Å²) in [6, 6.07) is 8.27. The summed E-state index contributed by atoms with van der Waals surface area (Å²) < 4.78 is 6.10. The second-order valence-corrected chi connectivity index (χ2v) is 9.21. The van der Waals surface area contributed by atoms with Crippen LogP contribution in [0.3, 0.4) is 0 Å². The summed E-state index contributed by atoms with van der Waals surface area (Å²) in [7, 11) is 0. The molecule has 29 heavy (non-hydrogen) atoms. The number of amides is 2. The first-order valence-electron chi connectivity index (χ1n) is 11.2. The lowest BCUT2D eigenvalue weighted by atomic mass is 9.87. The van der Waals surface area contributed by atoms with Gasteiger partial charge < -0.3 is 14.5 Å². The van der Waals surface area contributed by atoms with Crippen molar-refractivity contribution in [1.29, 1.82) is 0 Å². The maximum absolute atomic E-state index is 12.7. The standard InChI is InChI=1S/C24H36N2O3/c1-17(2)19-5-7-21(8-6-19)29-22-11-15-26(16-12-22)24(28)23(27)25-13-9-20(10-14-25)18(3)4/h5-8,17-18,20,22H,9-16H2,1-4H3. The molecule has 0 spiro atoms. The number of hydrogen-bond donors (Lipinski definition) is 0. The molecule has 0 N–H and O–H groups in total.